The van der Waals surface area contributed by atoms with E-state index in [-0.39, 0.29) is 0 Å². The van der Waals surface area contributed by atoms with E-state index in [2.05, 4.69) is 5.14 Å². The summed E-state index contributed by atoms with van der Waals surface area (Å²) in [5, 5.41) is 4.03. The molecule has 0 radical (unpaired) electrons. The predicted molar refractivity (Wildman–Crippen MR) is 48.4 cm³/mol. The highest BCUT2D eigenvalue weighted by molar-refractivity contribution is 7.76. The molecule has 0 aliphatic rings. The number of unbranched alkanes of at least 4 members (excludes halogenated alkanes) is 2. The minimum absolute atomic E-state index is 0.775. The van der Waals surface area contributed by atoms with Gasteiger partial charge in [-0.2, -0.15) is 0 Å². The van der Waals surface area contributed by atoms with Gasteiger partial charge in [0.15, 0.2) is 0 Å². The van der Waals surface area contributed by atoms with E-state index in [4.69, 9.17) is 32.0 Å². The maximum atomic E-state index is 8.78. The van der Waals surface area contributed by atoms with Crippen LogP contribution < -0.4 is 5.14 Å². The van der Waals surface area contributed by atoms with Crippen LogP contribution in [0.2, 0.25) is 0 Å². The fourth-order valence-electron chi connectivity index (χ4n) is 0.366. The minimum atomic E-state index is -2.36. The Labute approximate surface area is 79.7 Å². The molecule has 0 rings (SSSR count). The summed E-state index contributed by atoms with van der Waals surface area (Å²) >= 11 is 8.43. The number of alkyl halides is 2. The number of rotatable bonds is 4. The van der Waals surface area contributed by atoms with E-state index in [0.717, 1.165) is 24.6 Å². The quantitative estimate of drug-likeness (QED) is 0.442. The van der Waals surface area contributed by atoms with Crippen LogP contribution in [0.25, 0.3) is 0 Å². The summed E-state index contributed by atoms with van der Waals surface area (Å²) in [7, 11) is 0. The maximum absolute atomic E-state index is 8.78. The van der Waals surface area contributed by atoms with Crippen molar-refractivity contribution >= 4 is 34.5 Å². The first-order valence-electron chi connectivity index (χ1n) is 3.10. The third-order valence-electron chi connectivity index (χ3n) is 0.767. The van der Waals surface area contributed by atoms with Gasteiger partial charge in [0.2, 0.25) is 0 Å². The lowest BCUT2D eigenvalue weighted by Gasteiger charge is -1.88. The molecule has 0 aromatic heterocycles. The molecule has 0 fully saturated rings. The smallest absolute Gasteiger partial charge is 0.0223 e. The average Bonchev–Trinajstić information content (AvgIpc) is 1.88. The van der Waals surface area contributed by atoms with Gasteiger partial charge in [-0.1, -0.05) is 6.42 Å². The van der Waals surface area contributed by atoms with Crippen molar-refractivity contribution in [3.8, 4) is 0 Å². The monoisotopic (exact) mass is 220 g/mol. The zero-order valence-corrected chi connectivity index (χ0v) is 8.42. The molecule has 1 unspecified atom stereocenters. The van der Waals surface area contributed by atoms with Crippen molar-refractivity contribution in [1.29, 1.82) is 0 Å². The topological polar surface area (TPSA) is 66.2 Å². The Morgan fingerprint density at radius 1 is 1.18 bits per heavy atom. The lowest BCUT2D eigenvalue weighted by Crippen LogP contribution is -1.97. The second-order valence-corrected chi connectivity index (χ2v) is 2.98. The first kappa shape index (κ1) is 14.2. The van der Waals surface area contributed by atoms with E-state index in [1.54, 1.807) is 0 Å². The summed E-state index contributed by atoms with van der Waals surface area (Å²) in [6.45, 7) is 0. The van der Waals surface area contributed by atoms with Gasteiger partial charge in [0.25, 0.3) is 0 Å². The van der Waals surface area contributed by atoms with Crippen molar-refractivity contribution in [3.05, 3.63) is 0 Å². The first-order valence-corrected chi connectivity index (χ1v) is 5.31. The predicted octanol–water partition coefficient (Wildman–Crippen LogP) is 1.37. The molecule has 2 N–H and O–H groups in total. The SMILES string of the molecule is ClCCCCCCl.NS(=O)[O-]. The molecule has 0 bridgehead atoms. The number of hydrogen-bond donors (Lipinski definition) is 1. The van der Waals surface area contributed by atoms with Crippen molar-refractivity contribution in [2.45, 2.75) is 19.3 Å². The highest BCUT2D eigenvalue weighted by atomic mass is 35.5. The van der Waals surface area contributed by atoms with Gasteiger partial charge in [-0.05, 0) is 12.8 Å². The van der Waals surface area contributed by atoms with Crippen LogP contribution in [-0.2, 0) is 11.3 Å². The van der Waals surface area contributed by atoms with Crippen LogP contribution in [0.3, 0.4) is 0 Å². The summed E-state index contributed by atoms with van der Waals surface area (Å²) < 4.78 is 17.6. The van der Waals surface area contributed by atoms with Gasteiger partial charge < -0.3 is 4.55 Å². The lowest BCUT2D eigenvalue weighted by atomic mass is 10.3. The molecule has 1 atom stereocenters. The van der Waals surface area contributed by atoms with E-state index < -0.39 is 11.3 Å². The van der Waals surface area contributed by atoms with Gasteiger partial charge in [0.05, 0.1) is 0 Å². The Balaban J connectivity index is 0. The summed E-state index contributed by atoms with van der Waals surface area (Å²) in [6, 6.07) is 0. The van der Waals surface area contributed by atoms with E-state index in [1.165, 1.54) is 6.42 Å². The molecule has 0 saturated heterocycles. The van der Waals surface area contributed by atoms with Gasteiger partial charge >= 0.3 is 0 Å². The molecular weight excluding hydrogens is 209 g/mol. The standard InChI is InChI=1S/C5H10Cl2.H3NO2S/c6-4-2-1-3-5-7;1-4(2)3/h1-5H2;1H2,(H,2,3)/p-1. The Bertz CT molecular complexity index is 86.6. The Morgan fingerprint density at radius 3 is 1.64 bits per heavy atom. The van der Waals surface area contributed by atoms with E-state index >= 15 is 0 Å². The van der Waals surface area contributed by atoms with Crippen molar-refractivity contribution in [2.24, 2.45) is 5.14 Å². The third kappa shape index (κ3) is 36.9. The highest BCUT2D eigenvalue weighted by Crippen LogP contribution is 1.97. The van der Waals surface area contributed by atoms with Gasteiger partial charge in [-0.15, -0.1) is 23.2 Å². The van der Waals surface area contributed by atoms with Gasteiger partial charge in [0.1, 0.15) is 0 Å². The molecule has 70 valence electrons. The molecule has 6 heteroatoms. The fraction of sp³-hybridized carbons (Fsp3) is 1.00. The number of hydrogen-bond acceptors (Lipinski definition) is 2. The number of halogens is 2. The van der Waals surface area contributed by atoms with E-state index in [1.807, 2.05) is 0 Å². The van der Waals surface area contributed by atoms with Gasteiger partial charge in [-0.3, -0.25) is 9.35 Å². The molecule has 11 heavy (non-hydrogen) atoms. The van der Waals surface area contributed by atoms with Gasteiger partial charge in [0, 0.05) is 23.0 Å². The molecule has 0 amide bonds. The third-order valence-corrected chi connectivity index (χ3v) is 1.30. The molecule has 0 aromatic carbocycles. The second-order valence-electron chi connectivity index (χ2n) is 1.70. The van der Waals surface area contributed by atoms with E-state index in [0.29, 0.717) is 0 Å². The zero-order chi connectivity index (χ0) is 9.11. The molecule has 0 heterocycles. The molecule has 0 spiro atoms. The first-order chi connectivity index (χ1) is 5.15. The van der Waals surface area contributed by atoms with Crippen LogP contribution in [-0.4, -0.2) is 20.5 Å². The molecular formula is C5H12Cl2NO2S-. The van der Waals surface area contributed by atoms with Crippen LogP contribution in [0.4, 0.5) is 0 Å². The molecule has 3 nitrogen and oxygen atoms in total. The number of nitrogens with two attached hydrogens (primary N) is 1. The summed E-state index contributed by atoms with van der Waals surface area (Å²) in [6.07, 6.45) is 3.38. The van der Waals surface area contributed by atoms with Crippen LogP contribution in [0.15, 0.2) is 0 Å². The Morgan fingerprint density at radius 2 is 1.45 bits per heavy atom. The van der Waals surface area contributed by atoms with Crippen LogP contribution in [0.5, 0.6) is 0 Å². The van der Waals surface area contributed by atoms with Crippen molar-refractivity contribution in [1.82, 2.24) is 0 Å². The van der Waals surface area contributed by atoms with Crippen LogP contribution in [0, 0.1) is 0 Å². The van der Waals surface area contributed by atoms with Crippen molar-refractivity contribution < 1.29 is 8.76 Å². The maximum Gasteiger partial charge on any atom is 0.0223 e. The normalized spacial score (nSPS) is 11.6. The Kier molecular flexibility index (Phi) is 17.1. The van der Waals surface area contributed by atoms with Crippen LogP contribution >= 0.6 is 23.2 Å². The van der Waals surface area contributed by atoms with Crippen molar-refractivity contribution in [2.75, 3.05) is 11.8 Å². The molecule has 0 aliphatic carbocycles. The van der Waals surface area contributed by atoms with Gasteiger partial charge in [-0.25, -0.2) is 0 Å². The fourth-order valence-corrected chi connectivity index (χ4v) is 0.744. The zero-order valence-electron chi connectivity index (χ0n) is 6.09. The van der Waals surface area contributed by atoms with E-state index in [9.17, 15) is 0 Å². The van der Waals surface area contributed by atoms with Crippen LogP contribution in [0.1, 0.15) is 19.3 Å². The lowest BCUT2D eigenvalue weighted by molar-refractivity contribution is 0.539. The molecule has 0 saturated carbocycles. The Hall–Kier alpha value is 0.650. The second kappa shape index (κ2) is 13.3. The van der Waals surface area contributed by atoms with Crippen molar-refractivity contribution in [3.63, 3.8) is 0 Å². The summed E-state index contributed by atoms with van der Waals surface area (Å²) in [5.74, 6) is 1.55. The highest BCUT2D eigenvalue weighted by Gasteiger charge is 1.82. The molecule has 0 aromatic rings. The minimum Gasteiger partial charge on any atom is -0.760 e. The largest absolute Gasteiger partial charge is 0.760 e. The average molecular weight is 221 g/mol. The molecule has 0 aliphatic heterocycles. The summed E-state index contributed by atoms with van der Waals surface area (Å²) in [4.78, 5) is 0. The summed E-state index contributed by atoms with van der Waals surface area (Å²) in [5.41, 5.74) is 0.